The number of amides is 3. The number of para-hydroxylation sites is 1. The molecule has 0 radical (unpaired) electrons. The molecule has 0 aliphatic heterocycles. The molecule has 0 aliphatic rings. The van der Waals surface area contributed by atoms with Gasteiger partial charge in [0, 0.05) is 18.3 Å². The van der Waals surface area contributed by atoms with E-state index in [1.807, 2.05) is 6.07 Å². The standard InChI is InChI=1S/C24H36N4O3/c1-6-7-8-9-14-28(16-22(29)25-21-13-15-31-27-21)24(30)26-23-19(17(2)3)11-10-12-20(23)18(4)5/h10-13,15,17-18H,6-9,14,16H2,1-5H3,(H,26,30)(H,25,27,29). The number of carbonyl (C=O) groups is 2. The SMILES string of the molecule is CCCCCCN(CC(=O)Nc1ccon1)C(=O)Nc1c(C(C)C)cccc1C(C)C. The van der Waals surface area contributed by atoms with Gasteiger partial charge >= 0.3 is 6.03 Å². The van der Waals surface area contributed by atoms with E-state index in [2.05, 4.69) is 62.5 Å². The maximum atomic E-state index is 13.3. The van der Waals surface area contributed by atoms with Gasteiger partial charge in [0.25, 0.3) is 0 Å². The first-order valence-electron chi connectivity index (χ1n) is 11.2. The van der Waals surface area contributed by atoms with Crippen molar-refractivity contribution in [2.24, 2.45) is 0 Å². The lowest BCUT2D eigenvalue weighted by Crippen LogP contribution is -2.41. The van der Waals surface area contributed by atoms with Gasteiger partial charge in [-0.25, -0.2) is 4.79 Å². The monoisotopic (exact) mass is 428 g/mol. The number of benzene rings is 1. The molecular formula is C24H36N4O3. The van der Waals surface area contributed by atoms with Crippen LogP contribution >= 0.6 is 0 Å². The van der Waals surface area contributed by atoms with Crippen molar-refractivity contribution in [1.29, 1.82) is 0 Å². The second-order valence-electron chi connectivity index (χ2n) is 8.47. The zero-order valence-corrected chi connectivity index (χ0v) is 19.4. The van der Waals surface area contributed by atoms with Crippen molar-refractivity contribution in [3.05, 3.63) is 41.7 Å². The molecule has 1 aromatic heterocycles. The summed E-state index contributed by atoms with van der Waals surface area (Å²) in [5.74, 6) is 0.564. The number of anilines is 2. The van der Waals surface area contributed by atoms with E-state index in [0.29, 0.717) is 12.4 Å². The first-order chi connectivity index (χ1) is 14.8. The summed E-state index contributed by atoms with van der Waals surface area (Å²) in [5.41, 5.74) is 3.04. The number of aromatic nitrogens is 1. The number of carbonyl (C=O) groups excluding carboxylic acids is 2. The Balaban J connectivity index is 2.19. The van der Waals surface area contributed by atoms with E-state index in [0.717, 1.165) is 42.5 Å². The number of nitrogens with zero attached hydrogens (tertiary/aromatic N) is 2. The van der Waals surface area contributed by atoms with Crippen LogP contribution in [0.3, 0.4) is 0 Å². The van der Waals surface area contributed by atoms with Crippen LogP contribution in [0, 0.1) is 0 Å². The molecule has 31 heavy (non-hydrogen) atoms. The normalized spacial score (nSPS) is 11.1. The van der Waals surface area contributed by atoms with Gasteiger partial charge in [0.1, 0.15) is 12.8 Å². The second-order valence-corrected chi connectivity index (χ2v) is 8.47. The van der Waals surface area contributed by atoms with Crippen LogP contribution in [0.5, 0.6) is 0 Å². The Hall–Kier alpha value is -2.83. The number of unbranched alkanes of at least 4 members (excludes halogenated alkanes) is 3. The molecule has 0 saturated carbocycles. The Morgan fingerprint density at radius 3 is 2.23 bits per heavy atom. The molecule has 0 bridgehead atoms. The smallest absolute Gasteiger partial charge is 0.322 e. The summed E-state index contributed by atoms with van der Waals surface area (Å²) in [7, 11) is 0. The zero-order chi connectivity index (χ0) is 22.8. The molecule has 2 rings (SSSR count). The summed E-state index contributed by atoms with van der Waals surface area (Å²) in [4.78, 5) is 27.3. The van der Waals surface area contributed by atoms with Crippen molar-refractivity contribution in [3.63, 3.8) is 0 Å². The van der Waals surface area contributed by atoms with Crippen molar-refractivity contribution in [1.82, 2.24) is 10.1 Å². The highest BCUT2D eigenvalue weighted by Gasteiger charge is 2.21. The fourth-order valence-electron chi connectivity index (χ4n) is 3.50. The molecule has 170 valence electrons. The van der Waals surface area contributed by atoms with Gasteiger partial charge in [-0.3, -0.25) is 4.79 Å². The minimum absolute atomic E-state index is 0.0499. The molecule has 0 saturated heterocycles. The van der Waals surface area contributed by atoms with Crippen molar-refractivity contribution >= 4 is 23.4 Å². The molecule has 3 amide bonds. The van der Waals surface area contributed by atoms with Crippen LogP contribution in [0.1, 0.15) is 83.3 Å². The molecule has 0 unspecified atom stereocenters. The molecule has 2 aromatic rings. The van der Waals surface area contributed by atoms with Gasteiger partial charge < -0.3 is 20.1 Å². The van der Waals surface area contributed by atoms with E-state index in [4.69, 9.17) is 4.52 Å². The summed E-state index contributed by atoms with van der Waals surface area (Å²) in [6.07, 6.45) is 5.47. The third-order valence-corrected chi connectivity index (χ3v) is 5.21. The van der Waals surface area contributed by atoms with E-state index in [-0.39, 0.29) is 30.3 Å². The zero-order valence-electron chi connectivity index (χ0n) is 19.4. The van der Waals surface area contributed by atoms with E-state index >= 15 is 0 Å². The first kappa shape index (κ1) is 24.4. The molecular weight excluding hydrogens is 392 g/mol. The third kappa shape index (κ3) is 7.42. The van der Waals surface area contributed by atoms with E-state index in [9.17, 15) is 9.59 Å². The number of nitrogens with one attached hydrogen (secondary N) is 2. The van der Waals surface area contributed by atoms with Crippen molar-refractivity contribution in [2.75, 3.05) is 23.7 Å². The van der Waals surface area contributed by atoms with E-state index in [1.54, 1.807) is 11.0 Å². The fourth-order valence-corrected chi connectivity index (χ4v) is 3.50. The largest absolute Gasteiger partial charge is 0.363 e. The Morgan fingerprint density at radius 2 is 1.68 bits per heavy atom. The topological polar surface area (TPSA) is 87.5 Å². The van der Waals surface area contributed by atoms with E-state index in [1.165, 1.54) is 6.26 Å². The lowest BCUT2D eigenvalue weighted by molar-refractivity contribution is -0.116. The van der Waals surface area contributed by atoms with Gasteiger partial charge in [-0.15, -0.1) is 0 Å². The Morgan fingerprint density at radius 1 is 1.00 bits per heavy atom. The van der Waals surface area contributed by atoms with Crippen LogP contribution in [0.2, 0.25) is 0 Å². The minimum Gasteiger partial charge on any atom is -0.363 e. The van der Waals surface area contributed by atoms with Crippen molar-refractivity contribution in [2.45, 2.75) is 72.1 Å². The number of rotatable bonds is 11. The highest BCUT2D eigenvalue weighted by molar-refractivity contribution is 5.97. The van der Waals surface area contributed by atoms with Crippen LogP contribution in [0.25, 0.3) is 0 Å². The van der Waals surface area contributed by atoms with Gasteiger partial charge in [-0.05, 0) is 29.4 Å². The summed E-state index contributed by atoms with van der Waals surface area (Å²) in [6.45, 7) is 11.1. The molecule has 0 spiro atoms. The van der Waals surface area contributed by atoms with Crippen LogP contribution in [-0.4, -0.2) is 35.1 Å². The van der Waals surface area contributed by atoms with Gasteiger partial charge in [0.15, 0.2) is 5.82 Å². The van der Waals surface area contributed by atoms with Crippen molar-refractivity contribution < 1.29 is 14.1 Å². The first-order valence-corrected chi connectivity index (χ1v) is 11.2. The number of hydrogen-bond acceptors (Lipinski definition) is 4. The third-order valence-electron chi connectivity index (χ3n) is 5.21. The predicted octanol–water partition coefficient (Wildman–Crippen LogP) is 5.97. The Bertz CT molecular complexity index is 805. The maximum Gasteiger partial charge on any atom is 0.322 e. The molecule has 1 heterocycles. The summed E-state index contributed by atoms with van der Waals surface area (Å²) in [6, 6.07) is 7.44. The lowest BCUT2D eigenvalue weighted by atomic mass is 9.93. The predicted molar refractivity (Wildman–Crippen MR) is 124 cm³/mol. The van der Waals surface area contributed by atoms with Gasteiger partial charge in [-0.1, -0.05) is 77.2 Å². The molecule has 2 N–H and O–H groups in total. The lowest BCUT2D eigenvalue weighted by Gasteiger charge is -2.26. The molecule has 0 aliphatic carbocycles. The summed E-state index contributed by atoms with van der Waals surface area (Å²) in [5, 5.41) is 9.48. The van der Waals surface area contributed by atoms with Crippen LogP contribution in [-0.2, 0) is 4.79 Å². The van der Waals surface area contributed by atoms with Crippen molar-refractivity contribution in [3.8, 4) is 0 Å². The molecule has 7 heteroatoms. The Kier molecular flexibility index (Phi) is 9.56. The van der Waals surface area contributed by atoms with Gasteiger partial charge in [-0.2, -0.15) is 0 Å². The van der Waals surface area contributed by atoms with Crippen LogP contribution in [0.4, 0.5) is 16.3 Å². The summed E-state index contributed by atoms with van der Waals surface area (Å²) >= 11 is 0. The van der Waals surface area contributed by atoms with Gasteiger partial charge in [0.2, 0.25) is 5.91 Å². The van der Waals surface area contributed by atoms with E-state index < -0.39 is 0 Å². The second kappa shape index (κ2) is 12.1. The summed E-state index contributed by atoms with van der Waals surface area (Å²) < 4.78 is 4.75. The molecule has 7 nitrogen and oxygen atoms in total. The highest BCUT2D eigenvalue weighted by atomic mass is 16.5. The quantitative estimate of drug-likeness (QED) is 0.431. The Labute approximate surface area is 185 Å². The molecule has 0 atom stereocenters. The number of hydrogen-bond donors (Lipinski definition) is 2. The van der Waals surface area contributed by atoms with Crippen LogP contribution in [0.15, 0.2) is 35.1 Å². The average molecular weight is 429 g/mol. The molecule has 0 fully saturated rings. The van der Waals surface area contributed by atoms with Crippen LogP contribution < -0.4 is 10.6 Å². The average Bonchev–Trinajstić information content (AvgIpc) is 3.22. The molecule has 1 aromatic carbocycles. The minimum atomic E-state index is -0.305. The maximum absolute atomic E-state index is 13.3. The highest BCUT2D eigenvalue weighted by Crippen LogP contribution is 2.32. The fraction of sp³-hybridized carbons (Fsp3) is 0.542. The van der Waals surface area contributed by atoms with Gasteiger partial charge in [0.05, 0.1) is 0 Å². The number of urea groups is 1.